The van der Waals surface area contributed by atoms with Gasteiger partial charge in [0.05, 0.1) is 7.11 Å². The minimum atomic E-state index is -0.197. The molecule has 1 aromatic heterocycles. The first-order chi connectivity index (χ1) is 15.8. The van der Waals surface area contributed by atoms with Gasteiger partial charge in [-0.3, -0.25) is 4.90 Å². The lowest BCUT2D eigenvalue weighted by atomic mass is 9.97. The number of nitrogens with zero attached hydrogens (tertiary/aromatic N) is 4. The third kappa shape index (κ3) is 5.70. The van der Waals surface area contributed by atoms with E-state index in [0.29, 0.717) is 24.8 Å². The number of amides is 2. The number of carbonyl (C=O) groups excluding carboxylic acids is 1. The predicted octanol–water partition coefficient (Wildman–Crippen LogP) is 4.39. The van der Waals surface area contributed by atoms with Crippen molar-refractivity contribution in [2.24, 2.45) is 0 Å². The molecule has 0 spiro atoms. The quantitative estimate of drug-likeness (QED) is 0.622. The predicted molar refractivity (Wildman–Crippen MR) is 127 cm³/mol. The maximum absolute atomic E-state index is 12.7. The number of rotatable bonds is 5. The number of benzene rings is 2. The van der Waals surface area contributed by atoms with Gasteiger partial charge in [0.1, 0.15) is 5.75 Å². The average Bonchev–Trinajstić information content (AvgIpc) is 3.32. The summed E-state index contributed by atoms with van der Waals surface area (Å²) in [6.07, 6.45) is 0. The largest absolute Gasteiger partial charge is 0.497 e. The highest BCUT2D eigenvalue weighted by molar-refractivity contribution is 5.89. The van der Waals surface area contributed by atoms with Crippen molar-refractivity contribution in [1.29, 1.82) is 0 Å². The summed E-state index contributed by atoms with van der Waals surface area (Å²) in [5.74, 6) is 2.01. The summed E-state index contributed by atoms with van der Waals surface area (Å²) < 4.78 is 10.6. The topological polar surface area (TPSA) is 83.7 Å². The van der Waals surface area contributed by atoms with Gasteiger partial charge in [-0.2, -0.15) is 4.98 Å². The van der Waals surface area contributed by atoms with Crippen LogP contribution < -0.4 is 10.1 Å². The Bertz CT molecular complexity index is 1060. The van der Waals surface area contributed by atoms with Gasteiger partial charge in [-0.05, 0) is 42.0 Å². The minimum absolute atomic E-state index is 0.0820. The highest BCUT2D eigenvalue weighted by Crippen LogP contribution is 2.24. The fraction of sp³-hybridized carbons (Fsp3) is 0.400. The zero-order chi connectivity index (χ0) is 23.4. The molecule has 33 heavy (non-hydrogen) atoms. The van der Waals surface area contributed by atoms with Crippen LogP contribution in [0, 0.1) is 0 Å². The van der Waals surface area contributed by atoms with Crippen LogP contribution in [-0.4, -0.2) is 59.3 Å². The van der Waals surface area contributed by atoms with Gasteiger partial charge in [-0.1, -0.05) is 38.1 Å². The van der Waals surface area contributed by atoms with Crippen LogP contribution >= 0.6 is 0 Å². The lowest BCUT2D eigenvalue weighted by Gasteiger charge is -2.34. The van der Waals surface area contributed by atoms with Gasteiger partial charge >= 0.3 is 6.03 Å². The molecule has 0 bridgehead atoms. The summed E-state index contributed by atoms with van der Waals surface area (Å²) in [4.78, 5) is 21.4. The summed E-state index contributed by atoms with van der Waals surface area (Å²) in [5, 5.41) is 7.06. The molecule has 0 radical (unpaired) electrons. The summed E-state index contributed by atoms with van der Waals surface area (Å²) in [5.41, 5.74) is 2.63. The number of aromatic nitrogens is 2. The number of nitrogens with one attached hydrogen (secondary N) is 1. The van der Waals surface area contributed by atoms with Crippen molar-refractivity contribution < 1.29 is 14.1 Å². The molecule has 174 valence electrons. The highest BCUT2D eigenvalue weighted by Gasteiger charge is 2.23. The Hall–Kier alpha value is -3.39. The van der Waals surface area contributed by atoms with Crippen LogP contribution in [0.15, 0.2) is 53.1 Å². The lowest BCUT2D eigenvalue weighted by Crippen LogP contribution is -2.49. The summed E-state index contributed by atoms with van der Waals surface area (Å²) in [6.45, 7) is 10.0. The number of carbonyl (C=O) groups is 1. The van der Waals surface area contributed by atoms with E-state index in [1.54, 1.807) is 7.11 Å². The maximum Gasteiger partial charge on any atom is 0.321 e. The molecule has 1 aliphatic rings. The highest BCUT2D eigenvalue weighted by atomic mass is 16.5. The molecule has 3 aromatic rings. The van der Waals surface area contributed by atoms with Crippen LogP contribution in [0.1, 0.15) is 32.2 Å². The van der Waals surface area contributed by atoms with E-state index in [1.807, 2.05) is 62.1 Å². The van der Waals surface area contributed by atoms with Gasteiger partial charge in [-0.15, -0.1) is 0 Å². The molecular weight excluding hydrogens is 418 g/mol. The molecule has 8 nitrogen and oxygen atoms in total. The Labute approximate surface area is 194 Å². The monoisotopic (exact) mass is 449 g/mol. The van der Waals surface area contributed by atoms with Crippen LogP contribution in [0.2, 0.25) is 0 Å². The van der Waals surface area contributed by atoms with Crippen LogP contribution in [-0.2, 0) is 12.0 Å². The van der Waals surface area contributed by atoms with Gasteiger partial charge < -0.3 is 19.5 Å². The number of ether oxygens (including phenoxy) is 1. The molecular formula is C25H31N5O3. The SMILES string of the molecule is COc1ccc(CN2CCN(C(=O)Nc3ccc(-c4noc(C(C)(C)C)n4)cc3)CC2)cc1. The van der Waals surface area contributed by atoms with Gasteiger partial charge in [0.2, 0.25) is 11.7 Å². The maximum atomic E-state index is 12.7. The lowest BCUT2D eigenvalue weighted by molar-refractivity contribution is 0.143. The molecule has 2 heterocycles. The van der Waals surface area contributed by atoms with E-state index in [2.05, 4.69) is 32.5 Å². The van der Waals surface area contributed by atoms with Crippen molar-refractivity contribution in [3.05, 3.63) is 60.0 Å². The molecule has 1 fully saturated rings. The Morgan fingerprint density at radius 3 is 2.27 bits per heavy atom. The normalized spacial score (nSPS) is 14.8. The van der Waals surface area contributed by atoms with E-state index in [1.165, 1.54) is 5.56 Å². The first-order valence-electron chi connectivity index (χ1n) is 11.2. The van der Waals surface area contributed by atoms with Crippen LogP contribution in [0.3, 0.4) is 0 Å². The molecule has 0 saturated carbocycles. The molecule has 2 aromatic carbocycles. The standard InChI is InChI=1S/C25H31N5O3/c1-25(2,3)23-27-22(28-33-23)19-7-9-20(10-8-19)26-24(31)30-15-13-29(14-16-30)17-18-5-11-21(32-4)12-6-18/h5-12H,13-17H2,1-4H3,(H,26,31). The van der Waals surface area contributed by atoms with Crippen molar-refractivity contribution in [2.45, 2.75) is 32.7 Å². The second-order valence-corrected chi connectivity index (χ2v) is 9.29. The minimum Gasteiger partial charge on any atom is -0.497 e. The molecule has 8 heteroatoms. The molecule has 1 saturated heterocycles. The first kappa shape index (κ1) is 22.8. The summed E-state index contributed by atoms with van der Waals surface area (Å²) >= 11 is 0. The molecule has 4 rings (SSSR count). The van der Waals surface area contributed by atoms with Gasteiger partial charge in [0, 0.05) is 49.4 Å². The van der Waals surface area contributed by atoms with Crippen molar-refractivity contribution in [2.75, 3.05) is 38.6 Å². The Kier molecular flexibility index (Phi) is 6.65. The number of urea groups is 1. The van der Waals surface area contributed by atoms with Crippen molar-refractivity contribution >= 4 is 11.7 Å². The zero-order valence-electron chi connectivity index (χ0n) is 19.7. The fourth-order valence-electron chi connectivity index (χ4n) is 3.65. The van der Waals surface area contributed by atoms with Gasteiger partial charge in [0.15, 0.2) is 0 Å². The molecule has 0 atom stereocenters. The van der Waals surface area contributed by atoms with Crippen molar-refractivity contribution in [3.63, 3.8) is 0 Å². The van der Waals surface area contributed by atoms with Crippen molar-refractivity contribution in [1.82, 2.24) is 19.9 Å². The van der Waals surface area contributed by atoms with Crippen LogP contribution in [0.4, 0.5) is 10.5 Å². The number of anilines is 1. The first-order valence-corrected chi connectivity index (χ1v) is 11.2. The molecule has 1 N–H and O–H groups in total. The number of methoxy groups -OCH3 is 1. The third-order valence-corrected chi connectivity index (χ3v) is 5.69. The second-order valence-electron chi connectivity index (χ2n) is 9.29. The van der Waals surface area contributed by atoms with E-state index in [4.69, 9.17) is 9.26 Å². The average molecular weight is 450 g/mol. The smallest absolute Gasteiger partial charge is 0.321 e. The number of hydrogen-bond donors (Lipinski definition) is 1. The van der Waals surface area contributed by atoms with Crippen molar-refractivity contribution in [3.8, 4) is 17.1 Å². The number of piperazine rings is 1. The summed E-state index contributed by atoms with van der Waals surface area (Å²) in [7, 11) is 1.67. The van der Waals surface area contributed by atoms with E-state index < -0.39 is 0 Å². The molecule has 0 aliphatic carbocycles. The zero-order valence-corrected chi connectivity index (χ0v) is 19.7. The van der Waals surface area contributed by atoms with E-state index in [-0.39, 0.29) is 11.4 Å². The number of hydrogen-bond acceptors (Lipinski definition) is 6. The summed E-state index contributed by atoms with van der Waals surface area (Å²) in [6, 6.07) is 15.5. The van der Waals surface area contributed by atoms with E-state index >= 15 is 0 Å². The Morgan fingerprint density at radius 2 is 1.70 bits per heavy atom. The molecule has 2 amide bonds. The van der Waals surface area contributed by atoms with Crippen LogP contribution in [0.5, 0.6) is 5.75 Å². The molecule has 1 aliphatic heterocycles. The Balaban J connectivity index is 1.27. The van der Waals surface area contributed by atoms with Gasteiger partial charge in [-0.25, -0.2) is 4.79 Å². The van der Waals surface area contributed by atoms with Crippen LogP contribution in [0.25, 0.3) is 11.4 Å². The second kappa shape index (κ2) is 9.62. The van der Waals surface area contributed by atoms with E-state index in [9.17, 15) is 4.79 Å². The third-order valence-electron chi connectivity index (χ3n) is 5.69. The fourth-order valence-corrected chi connectivity index (χ4v) is 3.65. The Morgan fingerprint density at radius 1 is 1.03 bits per heavy atom. The van der Waals surface area contributed by atoms with E-state index in [0.717, 1.165) is 36.6 Å². The molecule has 0 unspecified atom stereocenters. The van der Waals surface area contributed by atoms with Gasteiger partial charge in [0.25, 0.3) is 0 Å².